The maximum absolute atomic E-state index is 12.0. The van der Waals surface area contributed by atoms with Crippen LogP contribution in [0.4, 0.5) is 0 Å². The van der Waals surface area contributed by atoms with Crippen LogP contribution >= 0.6 is 0 Å². The Morgan fingerprint density at radius 3 is 2.14 bits per heavy atom. The van der Waals surface area contributed by atoms with Crippen molar-refractivity contribution in [3.63, 3.8) is 0 Å². The fourth-order valence-corrected chi connectivity index (χ4v) is 2.21. The molecule has 0 aromatic heterocycles. The number of nitrogens with zero attached hydrogens (tertiary/aromatic N) is 1. The molecule has 0 heterocycles. The average Bonchev–Trinajstić information content (AvgIpc) is 2.45. The van der Waals surface area contributed by atoms with Crippen LogP contribution in [0.3, 0.4) is 0 Å². The number of aliphatic hydroxyl groups excluding tert-OH is 3. The standard InChI is InChI=1S/C16H33NO4/c1-3-4-5-6-7-8-9-10-16(21)17(11-12-18)13-15(20)14(2)19/h14-15,18-20H,3-13H2,1-2H3/t14-,15+/m0/s1. The van der Waals surface area contributed by atoms with Crippen molar-refractivity contribution >= 4 is 5.91 Å². The first-order valence-corrected chi connectivity index (χ1v) is 8.27. The maximum atomic E-state index is 12.0. The van der Waals surface area contributed by atoms with E-state index in [4.69, 9.17) is 5.11 Å². The van der Waals surface area contributed by atoms with Crippen molar-refractivity contribution in [3.05, 3.63) is 0 Å². The molecule has 0 aliphatic heterocycles. The van der Waals surface area contributed by atoms with Crippen LogP contribution in [0.1, 0.15) is 65.2 Å². The van der Waals surface area contributed by atoms with Crippen LogP contribution in [0, 0.1) is 0 Å². The van der Waals surface area contributed by atoms with Crippen molar-refractivity contribution in [1.82, 2.24) is 4.90 Å². The van der Waals surface area contributed by atoms with Crippen LogP contribution in [-0.2, 0) is 4.79 Å². The van der Waals surface area contributed by atoms with Crippen LogP contribution in [0.2, 0.25) is 0 Å². The Kier molecular flexibility index (Phi) is 12.6. The third kappa shape index (κ3) is 10.7. The number of hydrogen-bond acceptors (Lipinski definition) is 4. The van der Waals surface area contributed by atoms with E-state index in [2.05, 4.69) is 6.92 Å². The summed E-state index contributed by atoms with van der Waals surface area (Å²) in [6, 6.07) is 0. The highest BCUT2D eigenvalue weighted by Gasteiger charge is 2.19. The molecule has 126 valence electrons. The lowest BCUT2D eigenvalue weighted by Gasteiger charge is -2.26. The SMILES string of the molecule is CCCCCCCCCC(=O)N(CCO)C[C@@H](O)[C@H](C)O. The zero-order valence-electron chi connectivity index (χ0n) is 13.6. The maximum Gasteiger partial charge on any atom is 0.222 e. The molecule has 21 heavy (non-hydrogen) atoms. The lowest BCUT2D eigenvalue weighted by molar-refractivity contribution is -0.134. The minimum Gasteiger partial charge on any atom is -0.395 e. The first-order valence-electron chi connectivity index (χ1n) is 8.27. The van der Waals surface area contributed by atoms with Gasteiger partial charge in [0.2, 0.25) is 5.91 Å². The predicted molar refractivity (Wildman–Crippen MR) is 84.0 cm³/mol. The fourth-order valence-electron chi connectivity index (χ4n) is 2.21. The molecule has 0 aromatic carbocycles. The summed E-state index contributed by atoms with van der Waals surface area (Å²) in [5, 5.41) is 27.9. The number of amides is 1. The smallest absolute Gasteiger partial charge is 0.222 e. The molecule has 0 saturated heterocycles. The molecule has 2 atom stereocenters. The van der Waals surface area contributed by atoms with E-state index in [1.165, 1.54) is 37.5 Å². The number of aliphatic hydroxyl groups is 3. The molecule has 3 N–H and O–H groups in total. The second-order valence-electron chi connectivity index (χ2n) is 5.74. The summed E-state index contributed by atoms with van der Waals surface area (Å²) >= 11 is 0. The lowest BCUT2D eigenvalue weighted by Crippen LogP contribution is -2.42. The third-order valence-corrected chi connectivity index (χ3v) is 3.68. The van der Waals surface area contributed by atoms with Gasteiger partial charge < -0.3 is 20.2 Å². The summed E-state index contributed by atoms with van der Waals surface area (Å²) in [6.07, 6.45) is 6.65. The zero-order chi connectivity index (χ0) is 16.1. The largest absolute Gasteiger partial charge is 0.395 e. The normalized spacial score (nSPS) is 14.0. The van der Waals surface area contributed by atoms with Gasteiger partial charge in [0.1, 0.15) is 0 Å². The Bertz CT molecular complexity index is 259. The van der Waals surface area contributed by atoms with Gasteiger partial charge in [-0.25, -0.2) is 0 Å². The monoisotopic (exact) mass is 303 g/mol. The van der Waals surface area contributed by atoms with Crippen LogP contribution in [0.5, 0.6) is 0 Å². The van der Waals surface area contributed by atoms with Crippen molar-refractivity contribution in [1.29, 1.82) is 0 Å². The quantitative estimate of drug-likeness (QED) is 0.452. The van der Waals surface area contributed by atoms with Crippen molar-refractivity contribution in [2.24, 2.45) is 0 Å². The second-order valence-corrected chi connectivity index (χ2v) is 5.74. The van der Waals surface area contributed by atoms with Crippen LogP contribution < -0.4 is 0 Å². The molecule has 0 aromatic rings. The van der Waals surface area contributed by atoms with Crippen LogP contribution in [-0.4, -0.2) is 58.0 Å². The molecule has 0 radical (unpaired) electrons. The topological polar surface area (TPSA) is 81.0 Å². The minimum atomic E-state index is -0.963. The van der Waals surface area contributed by atoms with Gasteiger partial charge in [-0.15, -0.1) is 0 Å². The van der Waals surface area contributed by atoms with Gasteiger partial charge in [0.25, 0.3) is 0 Å². The lowest BCUT2D eigenvalue weighted by atomic mass is 10.1. The highest BCUT2D eigenvalue weighted by atomic mass is 16.3. The van der Waals surface area contributed by atoms with E-state index in [1.54, 1.807) is 0 Å². The molecule has 5 nitrogen and oxygen atoms in total. The average molecular weight is 303 g/mol. The molecule has 0 aliphatic carbocycles. The molecule has 1 amide bonds. The number of rotatable bonds is 13. The van der Waals surface area contributed by atoms with E-state index in [0.29, 0.717) is 6.42 Å². The van der Waals surface area contributed by atoms with Crippen LogP contribution in [0.15, 0.2) is 0 Å². The summed E-state index contributed by atoms with van der Waals surface area (Å²) in [5.41, 5.74) is 0. The Morgan fingerprint density at radius 1 is 1.05 bits per heavy atom. The summed E-state index contributed by atoms with van der Waals surface area (Å²) in [7, 11) is 0. The number of carbonyl (C=O) groups is 1. The van der Waals surface area contributed by atoms with Crippen molar-refractivity contribution < 1.29 is 20.1 Å². The molecular weight excluding hydrogens is 270 g/mol. The Hall–Kier alpha value is -0.650. The van der Waals surface area contributed by atoms with E-state index in [9.17, 15) is 15.0 Å². The predicted octanol–water partition coefficient (Wildman–Crippen LogP) is 1.69. The molecule has 0 saturated carbocycles. The zero-order valence-corrected chi connectivity index (χ0v) is 13.6. The molecular formula is C16H33NO4. The summed E-state index contributed by atoms with van der Waals surface area (Å²) in [5.74, 6) is -0.0580. The molecule has 0 bridgehead atoms. The van der Waals surface area contributed by atoms with E-state index >= 15 is 0 Å². The van der Waals surface area contributed by atoms with Crippen molar-refractivity contribution in [2.75, 3.05) is 19.7 Å². The van der Waals surface area contributed by atoms with Crippen molar-refractivity contribution in [3.8, 4) is 0 Å². The Balaban J connectivity index is 3.90. The van der Waals surface area contributed by atoms with Gasteiger partial charge in [0.05, 0.1) is 18.8 Å². The molecule has 0 rings (SSSR count). The number of carbonyl (C=O) groups excluding carboxylic acids is 1. The van der Waals surface area contributed by atoms with Gasteiger partial charge in [-0.05, 0) is 13.3 Å². The molecule has 0 fully saturated rings. The molecule has 0 unspecified atom stereocenters. The van der Waals surface area contributed by atoms with Gasteiger partial charge in [0.15, 0.2) is 0 Å². The molecule has 0 aliphatic rings. The highest BCUT2D eigenvalue weighted by Crippen LogP contribution is 2.10. The van der Waals surface area contributed by atoms with Crippen molar-refractivity contribution in [2.45, 2.75) is 77.4 Å². The molecule has 5 heteroatoms. The first-order chi connectivity index (χ1) is 10.0. The van der Waals surface area contributed by atoms with Gasteiger partial charge in [0, 0.05) is 19.5 Å². The summed E-state index contributed by atoms with van der Waals surface area (Å²) in [6.45, 7) is 3.83. The van der Waals surface area contributed by atoms with E-state index in [1.807, 2.05) is 0 Å². The number of unbranched alkanes of at least 4 members (excludes halogenated alkanes) is 6. The summed E-state index contributed by atoms with van der Waals surface area (Å²) < 4.78 is 0. The van der Waals surface area contributed by atoms with Gasteiger partial charge in [-0.2, -0.15) is 0 Å². The summed E-state index contributed by atoms with van der Waals surface area (Å²) in [4.78, 5) is 13.5. The van der Waals surface area contributed by atoms with E-state index in [0.717, 1.165) is 19.3 Å². The fraction of sp³-hybridized carbons (Fsp3) is 0.938. The Morgan fingerprint density at radius 2 is 1.62 bits per heavy atom. The van der Waals surface area contributed by atoms with Crippen LogP contribution in [0.25, 0.3) is 0 Å². The molecule has 0 spiro atoms. The van der Waals surface area contributed by atoms with E-state index in [-0.39, 0.29) is 25.6 Å². The van der Waals surface area contributed by atoms with Gasteiger partial charge in [-0.1, -0.05) is 45.4 Å². The van der Waals surface area contributed by atoms with Gasteiger partial charge >= 0.3 is 0 Å². The number of hydrogen-bond donors (Lipinski definition) is 3. The highest BCUT2D eigenvalue weighted by molar-refractivity contribution is 5.76. The van der Waals surface area contributed by atoms with E-state index < -0.39 is 12.2 Å². The van der Waals surface area contributed by atoms with Gasteiger partial charge in [-0.3, -0.25) is 4.79 Å². The minimum absolute atomic E-state index is 0.0580. The second kappa shape index (κ2) is 13.0. The third-order valence-electron chi connectivity index (χ3n) is 3.68. The Labute approximate surface area is 129 Å². The first kappa shape index (κ1) is 20.3.